The van der Waals surface area contributed by atoms with E-state index in [1.807, 2.05) is 35.7 Å². The van der Waals surface area contributed by atoms with Crippen molar-refractivity contribution in [2.75, 3.05) is 6.61 Å². The first-order valence-electron chi connectivity index (χ1n) is 5.59. The third-order valence-electron chi connectivity index (χ3n) is 2.56. The van der Waals surface area contributed by atoms with Crippen LogP contribution in [0.15, 0.2) is 35.7 Å². The van der Waals surface area contributed by atoms with Gasteiger partial charge in [0.25, 0.3) is 0 Å². The molecule has 1 aromatic heterocycles. The van der Waals surface area contributed by atoms with Crippen LogP contribution in [0.2, 0.25) is 0 Å². The first-order valence-corrected chi connectivity index (χ1v) is 6.47. The largest absolute Gasteiger partial charge is 0.394 e. The standard InChI is InChI=1S/C13H14N2O2S/c14-10(7-16)12(17)6-13-15-11(8-18-13)9-4-2-1-3-5-9/h1-5,8,10,16H,6-7,14H2/t10-/m0/s1. The van der Waals surface area contributed by atoms with Gasteiger partial charge in [-0.15, -0.1) is 11.3 Å². The van der Waals surface area contributed by atoms with E-state index in [1.54, 1.807) is 0 Å². The monoisotopic (exact) mass is 262 g/mol. The van der Waals surface area contributed by atoms with Crippen LogP contribution in [0.3, 0.4) is 0 Å². The molecule has 4 nitrogen and oxygen atoms in total. The predicted octanol–water partition coefficient (Wildman–Crippen LogP) is 1.24. The number of thiazole rings is 1. The number of ketones is 1. The number of hydrogen-bond acceptors (Lipinski definition) is 5. The van der Waals surface area contributed by atoms with Crippen LogP contribution in [0.5, 0.6) is 0 Å². The third-order valence-corrected chi connectivity index (χ3v) is 3.41. The van der Waals surface area contributed by atoms with Crippen LogP contribution in [0.1, 0.15) is 5.01 Å². The van der Waals surface area contributed by atoms with Crippen LogP contribution in [0.4, 0.5) is 0 Å². The van der Waals surface area contributed by atoms with Gasteiger partial charge in [-0.1, -0.05) is 30.3 Å². The number of carbonyl (C=O) groups excluding carboxylic acids is 1. The van der Waals surface area contributed by atoms with Crippen LogP contribution in [-0.2, 0) is 11.2 Å². The highest BCUT2D eigenvalue weighted by Crippen LogP contribution is 2.21. The highest BCUT2D eigenvalue weighted by atomic mass is 32.1. The number of Topliss-reactive ketones (excluding diaryl/α,β-unsaturated/α-hetero) is 1. The lowest BCUT2D eigenvalue weighted by atomic mass is 10.1. The Kier molecular flexibility index (Phi) is 4.19. The van der Waals surface area contributed by atoms with Gasteiger partial charge in [-0.05, 0) is 0 Å². The molecule has 0 unspecified atom stereocenters. The second-order valence-electron chi connectivity index (χ2n) is 3.92. The number of nitrogens with zero attached hydrogens (tertiary/aromatic N) is 1. The number of nitrogens with two attached hydrogens (primary N) is 1. The van der Waals surface area contributed by atoms with Crippen molar-refractivity contribution in [2.45, 2.75) is 12.5 Å². The summed E-state index contributed by atoms with van der Waals surface area (Å²) in [7, 11) is 0. The van der Waals surface area contributed by atoms with Crippen molar-refractivity contribution in [1.29, 1.82) is 0 Å². The molecule has 0 spiro atoms. The van der Waals surface area contributed by atoms with Crippen molar-refractivity contribution in [2.24, 2.45) is 5.73 Å². The Balaban J connectivity index is 2.10. The summed E-state index contributed by atoms with van der Waals surface area (Å²) in [5.74, 6) is -0.188. The summed E-state index contributed by atoms with van der Waals surface area (Å²) >= 11 is 1.43. The van der Waals surface area contributed by atoms with E-state index in [-0.39, 0.29) is 18.8 Å². The molecule has 0 aliphatic heterocycles. The van der Waals surface area contributed by atoms with Crippen molar-refractivity contribution >= 4 is 17.1 Å². The number of aliphatic hydroxyl groups excluding tert-OH is 1. The third kappa shape index (κ3) is 3.01. The lowest BCUT2D eigenvalue weighted by Crippen LogP contribution is -2.35. The SMILES string of the molecule is N[C@@H](CO)C(=O)Cc1nc(-c2ccccc2)cs1. The summed E-state index contributed by atoms with van der Waals surface area (Å²) in [4.78, 5) is 16.0. The number of rotatable bonds is 5. The van der Waals surface area contributed by atoms with Gasteiger partial charge in [0, 0.05) is 10.9 Å². The normalized spacial score (nSPS) is 12.3. The first kappa shape index (κ1) is 12.9. The summed E-state index contributed by atoms with van der Waals surface area (Å²) in [6, 6.07) is 8.97. The Morgan fingerprint density at radius 2 is 2.11 bits per heavy atom. The van der Waals surface area contributed by atoms with Crippen molar-refractivity contribution in [1.82, 2.24) is 4.98 Å². The maximum atomic E-state index is 11.6. The molecule has 1 atom stereocenters. The molecule has 2 aromatic rings. The quantitative estimate of drug-likeness (QED) is 0.850. The number of benzene rings is 1. The van der Waals surface area contributed by atoms with Gasteiger partial charge in [0.1, 0.15) is 5.01 Å². The zero-order valence-electron chi connectivity index (χ0n) is 9.74. The van der Waals surface area contributed by atoms with E-state index in [4.69, 9.17) is 10.8 Å². The van der Waals surface area contributed by atoms with Gasteiger partial charge in [-0.3, -0.25) is 4.79 Å². The van der Waals surface area contributed by atoms with E-state index in [1.165, 1.54) is 11.3 Å². The van der Waals surface area contributed by atoms with Gasteiger partial charge in [0.15, 0.2) is 5.78 Å². The topological polar surface area (TPSA) is 76.2 Å². The van der Waals surface area contributed by atoms with Crippen molar-refractivity contribution < 1.29 is 9.90 Å². The van der Waals surface area contributed by atoms with E-state index < -0.39 is 6.04 Å². The molecule has 0 saturated heterocycles. The molecule has 0 amide bonds. The highest BCUT2D eigenvalue weighted by Gasteiger charge is 2.15. The molecule has 0 bridgehead atoms. The molecule has 1 aromatic carbocycles. The van der Waals surface area contributed by atoms with Crippen molar-refractivity contribution in [3.05, 3.63) is 40.7 Å². The predicted molar refractivity (Wildman–Crippen MR) is 71.3 cm³/mol. The van der Waals surface area contributed by atoms with Crippen molar-refractivity contribution in [3.8, 4) is 11.3 Å². The minimum Gasteiger partial charge on any atom is -0.394 e. The molecule has 0 aliphatic rings. The Labute approximate surface area is 109 Å². The summed E-state index contributed by atoms with van der Waals surface area (Å²) in [5, 5.41) is 11.4. The molecule has 0 fully saturated rings. The molecule has 2 rings (SSSR count). The highest BCUT2D eigenvalue weighted by molar-refractivity contribution is 7.10. The van der Waals surface area contributed by atoms with E-state index in [2.05, 4.69) is 4.98 Å². The summed E-state index contributed by atoms with van der Waals surface area (Å²) in [6.07, 6.45) is 0.180. The van der Waals surface area contributed by atoms with E-state index in [9.17, 15) is 4.79 Å². The van der Waals surface area contributed by atoms with Gasteiger partial charge in [0.05, 0.1) is 24.8 Å². The molecular weight excluding hydrogens is 248 g/mol. The minimum atomic E-state index is -0.811. The average Bonchev–Trinajstić information content (AvgIpc) is 2.87. The first-order chi connectivity index (χ1) is 8.70. The Hall–Kier alpha value is -1.56. The number of carbonyl (C=O) groups is 1. The second-order valence-corrected chi connectivity index (χ2v) is 4.87. The van der Waals surface area contributed by atoms with Crippen LogP contribution in [-0.4, -0.2) is 28.5 Å². The smallest absolute Gasteiger partial charge is 0.158 e. The number of hydrogen-bond donors (Lipinski definition) is 2. The van der Waals surface area contributed by atoms with Gasteiger partial charge >= 0.3 is 0 Å². The molecule has 94 valence electrons. The summed E-state index contributed by atoms with van der Waals surface area (Å²) in [5.41, 5.74) is 7.35. The molecule has 5 heteroatoms. The zero-order valence-corrected chi connectivity index (χ0v) is 10.6. The Morgan fingerprint density at radius 3 is 2.78 bits per heavy atom. The van der Waals surface area contributed by atoms with Crippen LogP contribution in [0, 0.1) is 0 Å². The van der Waals surface area contributed by atoms with Crippen LogP contribution >= 0.6 is 11.3 Å². The molecule has 18 heavy (non-hydrogen) atoms. The maximum absolute atomic E-state index is 11.6. The fraction of sp³-hybridized carbons (Fsp3) is 0.231. The molecule has 0 aliphatic carbocycles. The molecule has 3 N–H and O–H groups in total. The van der Waals surface area contributed by atoms with E-state index in [0.29, 0.717) is 0 Å². The van der Waals surface area contributed by atoms with Crippen molar-refractivity contribution in [3.63, 3.8) is 0 Å². The second kappa shape index (κ2) is 5.86. The summed E-state index contributed by atoms with van der Waals surface area (Å²) < 4.78 is 0. The van der Waals surface area contributed by atoms with E-state index >= 15 is 0 Å². The zero-order chi connectivity index (χ0) is 13.0. The maximum Gasteiger partial charge on any atom is 0.158 e. The Bertz CT molecular complexity index is 525. The van der Waals surface area contributed by atoms with Gasteiger partial charge in [-0.25, -0.2) is 4.98 Å². The molecule has 1 heterocycles. The molecular formula is C13H14N2O2S. The lowest BCUT2D eigenvalue weighted by Gasteiger charge is -2.04. The van der Waals surface area contributed by atoms with Crippen LogP contribution in [0.25, 0.3) is 11.3 Å². The number of aromatic nitrogens is 1. The molecule has 0 saturated carbocycles. The van der Waals surface area contributed by atoms with Gasteiger partial charge < -0.3 is 10.8 Å². The lowest BCUT2D eigenvalue weighted by molar-refractivity contribution is -0.120. The molecule has 0 radical (unpaired) electrons. The van der Waals surface area contributed by atoms with E-state index in [0.717, 1.165) is 16.3 Å². The fourth-order valence-corrected chi connectivity index (χ4v) is 2.33. The van der Waals surface area contributed by atoms with Gasteiger partial charge in [0.2, 0.25) is 0 Å². The Morgan fingerprint density at radius 1 is 1.39 bits per heavy atom. The van der Waals surface area contributed by atoms with Crippen LogP contribution < -0.4 is 5.73 Å². The number of aliphatic hydroxyl groups is 1. The average molecular weight is 262 g/mol. The minimum absolute atomic E-state index is 0.180. The van der Waals surface area contributed by atoms with Gasteiger partial charge in [-0.2, -0.15) is 0 Å². The fourth-order valence-electron chi connectivity index (χ4n) is 1.52. The summed E-state index contributed by atoms with van der Waals surface area (Å²) in [6.45, 7) is -0.324.